The third kappa shape index (κ3) is 0.829. The van der Waals surface area contributed by atoms with Gasteiger partial charge in [-0.2, -0.15) is 0 Å². The van der Waals surface area contributed by atoms with Crippen LogP contribution in [0.1, 0.15) is 6.92 Å². The van der Waals surface area contributed by atoms with Gasteiger partial charge in [0.25, 0.3) is 0 Å². The Hall–Kier alpha value is -0.300. The second kappa shape index (κ2) is 1.66. The fourth-order valence-electron chi connectivity index (χ4n) is 0.627. The van der Waals surface area contributed by atoms with Crippen molar-refractivity contribution in [1.29, 1.82) is 0 Å². The van der Waals surface area contributed by atoms with Gasteiger partial charge in [0.05, 0.1) is 13.2 Å². The molecular weight excluding hydrogens is 88.1 g/mol. The van der Waals surface area contributed by atoms with E-state index in [0.717, 1.165) is 13.2 Å². The molecule has 0 saturated carbocycles. The maximum Gasteiger partial charge on any atom is 0.0677 e. The summed E-state index contributed by atoms with van der Waals surface area (Å²) >= 11 is 0. The van der Waals surface area contributed by atoms with Gasteiger partial charge < -0.3 is 4.74 Å². The molecule has 0 radical (unpaired) electrons. The molecule has 0 aromatic carbocycles. The molecule has 1 aliphatic heterocycles. The smallest absolute Gasteiger partial charge is 0.0677 e. The van der Waals surface area contributed by atoms with E-state index in [2.05, 4.69) is 13.5 Å². The van der Waals surface area contributed by atoms with Gasteiger partial charge in [0, 0.05) is 5.92 Å². The first-order chi connectivity index (χ1) is 3.30. The zero-order chi connectivity index (χ0) is 5.28. The third-order valence-corrected chi connectivity index (χ3v) is 1.35. The van der Waals surface area contributed by atoms with E-state index in [1.165, 1.54) is 5.57 Å². The summed E-state index contributed by atoms with van der Waals surface area (Å²) in [6.07, 6.45) is 0. The average Bonchev–Trinajstić information content (AvgIpc) is 1.91. The van der Waals surface area contributed by atoms with Gasteiger partial charge in [0.1, 0.15) is 0 Å². The Morgan fingerprint density at radius 1 is 1.86 bits per heavy atom. The molecule has 0 unspecified atom stereocenters. The van der Waals surface area contributed by atoms with Crippen LogP contribution < -0.4 is 0 Å². The van der Waals surface area contributed by atoms with Gasteiger partial charge >= 0.3 is 0 Å². The molecular formula is C6H10O. The van der Waals surface area contributed by atoms with Gasteiger partial charge in [0.2, 0.25) is 0 Å². The van der Waals surface area contributed by atoms with Crippen LogP contribution in [0.3, 0.4) is 0 Å². The summed E-state index contributed by atoms with van der Waals surface area (Å²) in [5.74, 6) is 0.597. The molecule has 0 bridgehead atoms. The molecule has 0 amide bonds. The Kier molecular flexibility index (Phi) is 1.15. The summed E-state index contributed by atoms with van der Waals surface area (Å²) in [5.41, 5.74) is 1.24. The van der Waals surface area contributed by atoms with Gasteiger partial charge in [-0.05, 0) is 5.57 Å². The normalized spacial score (nSPS) is 31.6. The van der Waals surface area contributed by atoms with Gasteiger partial charge in [-0.1, -0.05) is 13.5 Å². The predicted octanol–water partition coefficient (Wildman–Crippen LogP) is 1.21. The number of rotatable bonds is 0. The predicted molar refractivity (Wildman–Crippen MR) is 29.1 cm³/mol. The topological polar surface area (TPSA) is 9.23 Å². The highest BCUT2D eigenvalue weighted by atomic mass is 16.5. The van der Waals surface area contributed by atoms with Crippen molar-refractivity contribution >= 4 is 0 Å². The summed E-state index contributed by atoms with van der Waals surface area (Å²) in [4.78, 5) is 0. The minimum Gasteiger partial charge on any atom is -0.377 e. The lowest BCUT2D eigenvalue weighted by Crippen LogP contribution is -1.91. The standard InChI is InChI=1S/C6H10O/c1-5-3-7-4-6(5)2/h6H,1,3-4H2,2H3/t6-/m0/s1. The maximum atomic E-state index is 5.07. The first kappa shape index (κ1) is 4.85. The highest BCUT2D eigenvalue weighted by Crippen LogP contribution is 2.15. The van der Waals surface area contributed by atoms with E-state index >= 15 is 0 Å². The Morgan fingerprint density at radius 3 is 2.71 bits per heavy atom. The van der Waals surface area contributed by atoms with Crippen molar-refractivity contribution < 1.29 is 4.74 Å². The van der Waals surface area contributed by atoms with Crippen molar-refractivity contribution in [2.75, 3.05) is 13.2 Å². The second-order valence-corrected chi connectivity index (χ2v) is 2.07. The Labute approximate surface area is 44.0 Å². The molecule has 0 aliphatic carbocycles. The minimum absolute atomic E-state index is 0.597. The molecule has 1 heterocycles. The average molecular weight is 98.1 g/mol. The van der Waals surface area contributed by atoms with Crippen molar-refractivity contribution in [2.45, 2.75) is 6.92 Å². The van der Waals surface area contributed by atoms with Crippen LogP contribution in [0.5, 0.6) is 0 Å². The summed E-state index contributed by atoms with van der Waals surface area (Å²) in [6.45, 7) is 7.60. The molecule has 1 heteroatoms. The molecule has 1 nitrogen and oxygen atoms in total. The molecule has 0 N–H and O–H groups in total. The second-order valence-electron chi connectivity index (χ2n) is 2.07. The summed E-state index contributed by atoms with van der Waals surface area (Å²) in [6, 6.07) is 0. The SMILES string of the molecule is C=C1COC[C@@H]1C. The number of hydrogen-bond acceptors (Lipinski definition) is 1. The van der Waals surface area contributed by atoms with E-state index in [1.807, 2.05) is 0 Å². The van der Waals surface area contributed by atoms with E-state index < -0.39 is 0 Å². The van der Waals surface area contributed by atoms with Gasteiger partial charge in [-0.3, -0.25) is 0 Å². The molecule has 0 aromatic rings. The Bertz CT molecular complexity index is 86.2. The van der Waals surface area contributed by atoms with E-state index in [4.69, 9.17) is 4.74 Å². The van der Waals surface area contributed by atoms with Gasteiger partial charge in [-0.15, -0.1) is 0 Å². The first-order valence-electron chi connectivity index (χ1n) is 2.56. The lowest BCUT2D eigenvalue weighted by Gasteiger charge is -1.94. The van der Waals surface area contributed by atoms with Crippen LogP contribution >= 0.6 is 0 Å². The summed E-state index contributed by atoms with van der Waals surface area (Å²) < 4.78 is 5.07. The molecule has 1 rings (SSSR count). The summed E-state index contributed by atoms with van der Waals surface area (Å²) in [5, 5.41) is 0. The van der Waals surface area contributed by atoms with Crippen LogP contribution in [-0.2, 0) is 4.74 Å². The van der Waals surface area contributed by atoms with Crippen LogP contribution in [0.25, 0.3) is 0 Å². The molecule has 40 valence electrons. The van der Waals surface area contributed by atoms with Crippen LogP contribution in [0.2, 0.25) is 0 Å². The van der Waals surface area contributed by atoms with Crippen molar-refractivity contribution in [3.05, 3.63) is 12.2 Å². The third-order valence-electron chi connectivity index (χ3n) is 1.35. The molecule has 1 aliphatic rings. The van der Waals surface area contributed by atoms with Crippen LogP contribution in [0.15, 0.2) is 12.2 Å². The fourth-order valence-corrected chi connectivity index (χ4v) is 0.627. The Morgan fingerprint density at radius 2 is 2.57 bits per heavy atom. The number of ether oxygens (including phenoxy) is 1. The largest absolute Gasteiger partial charge is 0.377 e. The number of hydrogen-bond donors (Lipinski definition) is 0. The highest BCUT2D eigenvalue weighted by Gasteiger charge is 2.12. The zero-order valence-electron chi connectivity index (χ0n) is 4.61. The van der Waals surface area contributed by atoms with E-state index in [1.54, 1.807) is 0 Å². The quantitative estimate of drug-likeness (QED) is 0.414. The van der Waals surface area contributed by atoms with Crippen molar-refractivity contribution in [2.24, 2.45) is 5.92 Å². The molecule has 0 spiro atoms. The highest BCUT2D eigenvalue weighted by molar-refractivity contribution is 5.02. The monoisotopic (exact) mass is 98.1 g/mol. The molecule has 1 atom stereocenters. The van der Waals surface area contributed by atoms with Gasteiger partial charge in [0.15, 0.2) is 0 Å². The molecule has 7 heavy (non-hydrogen) atoms. The van der Waals surface area contributed by atoms with Crippen LogP contribution in [-0.4, -0.2) is 13.2 Å². The Balaban J connectivity index is 2.48. The van der Waals surface area contributed by atoms with E-state index in [0.29, 0.717) is 5.92 Å². The molecule has 1 saturated heterocycles. The van der Waals surface area contributed by atoms with Gasteiger partial charge in [-0.25, -0.2) is 0 Å². The lowest BCUT2D eigenvalue weighted by molar-refractivity contribution is 0.191. The minimum atomic E-state index is 0.597. The summed E-state index contributed by atoms with van der Waals surface area (Å²) in [7, 11) is 0. The fraction of sp³-hybridized carbons (Fsp3) is 0.667. The van der Waals surface area contributed by atoms with E-state index in [-0.39, 0.29) is 0 Å². The van der Waals surface area contributed by atoms with Crippen molar-refractivity contribution in [3.63, 3.8) is 0 Å². The van der Waals surface area contributed by atoms with Crippen molar-refractivity contribution in [3.8, 4) is 0 Å². The molecule has 1 fully saturated rings. The maximum absolute atomic E-state index is 5.07. The zero-order valence-corrected chi connectivity index (χ0v) is 4.61. The lowest BCUT2D eigenvalue weighted by atomic mass is 10.1. The van der Waals surface area contributed by atoms with Crippen LogP contribution in [0, 0.1) is 5.92 Å². The first-order valence-corrected chi connectivity index (χ1v) is 2.56. The molecule has 0 aromatic heterocycles. The van der Waals surface area contributed by atoms with Crippen LogP contribution in [0.4, 0.5) is 0 Å². The van der Waals surface area contributed by atoms with E-state index in [9.17, 15) is 0 Å². The van der Waals surface area contributed by atoms with Crippen molar-refractivity contribution in [1.82, 2.24) is 0 Å².